The van der Waals surface area contributed by atoms with Crippen LogP contribution in [0.15, 0.2) is 12.1 Å². The summed E-state index contributed by atoms with van der Waals surface area (Å²) in [7, 11) is 0. The van der Waals surface area contributed by atoms with Crippen molar-refractivity contribution >= 4 is 32.5 Å². The van der Waals surface area contributed by atoms with Crippen molar-refractivity contribution in [2.75, 3.05) is 0 Å². The van der Waals surface area contributed by atoms with E-state index in [0.29, 0.717) is 9.40 Å². The number of aromatic hydroxyl groups is 2. The Morgan fingerprint density at radius 2 is 1.45 bits per heavy atom. The summed E-state index contributed by atoms with van der Waals surface area (Å²) in [6.45, 7) is 0. The highest BCUT2D eigenvalue weighted by molar-refractivity contribution is 7.30. The van der Waals surface area contributed by atoms with Gasteiger partial charge in [0, 0.05) is 0 Å². The highest BCUT2D eigenvalue weighted by Crippen LogP contribution is 2.36. The van der Waals surface area contributed by atoms with Crippen LogP contribution < -0.4 is 3.76 Å². The molecule has 0 unspecified atom stereocenters. The molecule has 0 bridgehead atoms. The van der Waals surface area contributed by atoms with Crippen LogP contribution in [0.1, 0.15) is 0 Å². The normalized spacial score (nSPS) is 10.5. The van der Waals surface area contributed by atoms with E-state index < -0.39 is 0 Å². The molecule has 0 aliphatic heterocycles. The van der Waals surface area contributed by atoms with Crippen molar-refractivity contribution in [1.82, 2.24) is 3.76 Å². The molecule has 0 atom stereocenters. The summed E-state index contributed by atoms with van der Waals surface area (Å²) in [5.74, 6) is 0.355. The van der Waals surface area contributed by atoms with E-state index in [1.807, 2.05) is 0 Å². The maximum Gasteiger partial charge on any atom is 0.329 e. The van der Waals surface area contributed by atoms with Gasteiger partial charge in [0.1, 0.15) is 0 Å². The molecular formula is C6H4NO2S2+. The van der Waals surface area contributed by atoms with Crippen LogP contribution in [0, 0.1) is 0 Å². The molecular weight excluding hydrogens is 182 g/mol. The number of rotatable bonds is 0. The third kappa shape index (κ3) is 0.928. The number of aromatic nitrogens is 1. The lowest BCUT2D eigenvalue weighted by molar-refractivity contribution is 0.471. The first kappa shape index (κ1) is 6.75. The van der Waals surface area contributed by atoms with E-state index in [2.05, 4.69) is 3.76 Å². The number of hydrogen-bond donors (Lipinski definition) is 2. The van der Waals surface area contributed by atoms with Crippen LogP contribution in [0.5, 0.6) is 11.5 Å². The van der Waals surface area contributed by atoms with Gasteiger partial charge in [0.05, 0.1) is 0 Å². The van der Waals surface area contributed by atoms with E-state index in [4.69, 9.17) is 0 Å². The maximum absolute atomic E-state index is 9.25. The first-order valence-corrected chi connectivity index (χ1v) is 4.43. The predicted octanol–water partition coefficient (Wildman–Crippen LogP) is 1.89. The average molecular weight is 186 g/mol. The molecule has 56 valence electrons. The molecule has 5 heteroatoms. The Hall–Kier alpha value is -0.940. The minimum Gasteiger partial charge on any atom is -0.503 e. The Bertz CT molecular complexity index is 362. The van der Waals surface area contributed by atoms with E-state index in [1.54, 1.807) is 0 Å². The zero-order chi connectivity index (χ0) is 7.84. The summed E-state index contributed by atoms with van der Waals surface area (Å²) < 4.78 is 5.18. The van der Waals surface area contributed by atoms with E-state index >= 15 is 0 Å². The monoisotopic (exact) mass is 186 g/mol. The second kappa shape index (κ2) is 2.28. The number of nitrogens with zero attached hydrogens (tertiary/aromatic N) is 1. The molecule has 0 saturated heterocycles. The van der Waals surface area contributed by atoms with Crippen LogP contribution in [-0.2, 0) is 0 Å². The van der Waals surface area contributed by atoms with Crippen molar-refractivity contribution in [2.45, 2.75) is 0 Å². The van der Waals surface area contributed by atoms with Crippen LogP contribution >= 0.6 is 23.1 Å². The van der Waals surface area contributed by atoms with Gasteiger partial charge in [-0.1, -0.05) is 0 Å². The molecule has 2 N–H and O–H groups in total. The third-order valence-electron chi connectivity index (χ3n) is 1.33. The van der Waals surface area contributed by atoms with Crippen LogP contribution in [-0.4, -0.2) is 10.2 Å². The van der Waals surface area contributed by atoms with Crippen molar-refractivity contribution in [1.29, 1.82) is 0 Å². The number of hydrogen-bond acceptors (Lipinski definition) is 2. The number of phenolic OH excluding ortho intramolecular Hbond substituents is 2. The van der Waals surface area contributed by atoms with Gasteiger partial charge >= 0.3 is 9.40 Å². The fraction of sp³-hybridized carbons (Fsp3) is 0. The lowest BCUT2D eigenvalue weighted by Crippen LogP contribution is -1.65. The quantitative estimate of drug-likeness (QED) is 0.488. The zero-order valence-corrected chi connectivity index (χ0v) is 6.95. The molecule has 1 heterocycles. The second-order valence-electron chi connectivity index (χ2n) is 2.02. The fourth-order valence-corrected chi connectivity index (χ4v) is 2.48. The molecule has 2 rings (SSSR count). The van der Waals surface area contributed by atoms with E-state index in [1.165, 1.54) is 35.2 Å². The molecule has 1 aromatic heterocycles. The first-order chi connectivity index (χ1) is 5.29. The van der Waals surface area contributed by atoms with Crippen molar-refractivity contribution in [3.8, 4) is 11.5 Å². The summed E-state index contributed by atoms with van der Waals surface area (Å²) in [5.41, 5.74) is 0. The summed E-state index contributed by atoms with van der Waals surface area (Å²) in [5, 5.41) is 18.5. The molecule has 11 heavy (non-hydrogen) atoms. The van der Waals surface area contributed by atoms with Gasteiger partial charge < -0.3 is 10.2 Å². The summed E-state index contributed by atoms with van der Waals surface area (Å²) in [6, 6.07) is 2.92. The maximum atomic E-state index is 9.25. The molecule has 0 fully saturated rings. The predicted molar refractivity (Wildman–Crippen MR) is 45.2 cm³/mol. The van der Waals surface area contributed by atoms with Gasteiger partial charge in [-0.2, -0.15) is 0 Å². The molecule has 3 nitrogen and oxygen atoms in total. The highest BCUT2D eigenvalue weighted by atomic mass is 32.2. The molecule has 1 aromatic carbocycles. The Kier molecular flexibility index (Phi) is 1.40. The number of phenols is 2. The van der Waals surface area contributed by atoms with Crippen molar-refractivity contribution in [2.24, 2.45) is 0 Å². The number of fused-ring (bicyclic) bond motifs is 1. The SMILES string of the molecule is Oc1ccc(O)c2[s+][n-][s+]c12. The number of benzene rings is 1. The molecule has 0 radical (unpaired) electrons. The van der Waals surface area contributed by atoms with Crippen molar-refractivity contribution < 1.29 is 10.2 Å². The van der Waals surface area contributed by atoms with Crippen LogP contribution in [0.4, 0.5) is 0 Å². The Balaban J connectivity index is 2.96. The first-order valence-electron chi connectivity index (χ1n) is 2.88. The Morgan fingerprint density at radius 3 is 1.91 bits per heavy atom. The van der Waals surface area contributed by atoms with Gasteiger partial charge in [-0.15, -0.1) is 3.76 Å². The van der Waals surface area contributed by atoms with E-state index in [9.17, 15) is 10.2 Å². The Labute approximate surface area is 70.5 Å². The van der Waals surface area contributed by atoms with Crippen LogP contribution in [0.2, 0.25) is 0 Å². The molecule has 0 spiro atoms. The largest absolute Gasteiger partial charge is 0.503 e. The van der Waals surface area contributed by atoms with Gasteiger partial charge in [0.25, 0.3) is 0 Å². The van der Waals surface area contributed by atoms with Gasteiger partial charge in [0.2, 0.25) is 23.1 Å². The summed E-state index contributed by atoms with van der Waals surface area (Å²) in [4.78, 5) is 0. The Morgan fingerprint density at radius 1 is 1.00 bits per heavy atom. The fourth-order valence-electron chi connectivity index (χ4n) is 0.811. The molecule has 2 aromatic rings. The van der Waals surface area contributed by atoms with Crippen LogP contribution in [0.3, 0.4) is 0 Å². The highest BCUT2D eigenvalue weighted by Gasteiger charge is 2.20. The topological polar surface area (TPSA) is 54.6 Å². The van der Waals surface area contributed by atoms with Gasteiger partial charge in [-0.25, -0.2) is 0 Å². The molecule has 0 aliphatic carbocycles. The van der Waals surface area contributed by atoms with Crippen molar-refractivity contribution in [3.05, 3.63) is 12.1 Å². The second-order valence-corrected chi connectivity index (χ2v) is 3.80. The van der Waals surface area contributed by atoms with Crippen LogP contribution in [0.25, 0.3) is 9.40 Å². The standard InChI is InChI=1S/C6H3NO2S2/c8-3-1-2-4(9)6-5(3)10-7-11-6/h1-2H,(H-,8,9)/p+1. The molecule has 0 amide bonds. The minimum atomic E-state index is 0.177. The molecule has 0 saturated carbocycles. The van der Waals surface area contributed by atoms with Gasteiger partial charge in [-0.3, -0.25) is 0 Å². The van der Waals surface area contributed by atoms with Gasteiger partial charge in [-0.05, 0) is 12.1 Å². The zero-order valence-electron chi connectivity index (χ0n) is 5.31. The van der Waals surface area contributed by atoms with E-state index in [0.717, 1.165) is 0 Å². The molecule has 0 aliphatic rings. The van der Waals surface area contributed by atoms with Gasteiger partial charge in [0.15, 0.2) is 11.5 Å². The minimum absolute atomic E-state index is 0.177. The van der Waals surface area contributed by atoms with E-state index in [-0.39, 0.29) is 11.5 Å². The van der Waals surface area contributed by atoms with Crippen molar-refractivity contribution in [3.63, 3.8) is 0 Å². The third-order valence-corrected chi connectivity index (χ3v) is 3.24. The lowest BCUT2D eigenvalue weighted by atomic mass is 10.3. The summed E-state index contributed by atoms with van der Waals surface area (Å²) in [6.07, 6.45) is 0. The average Bonchev–Trinajstić information content (AvgIpc) is 2.45. The summed E-state index contributed by atoms with van der Waals surface area (Å²) >= 11 is 2.37. The smallest absolute Gasteiger partial charge is 0.329 e. The lowest BCUT2D eigenvalue weighted by Gasteiger charge is -1.85.